The van der Waals surface area contributed by atoms with E-state index in [1.54, 1.807) is 19.2 Å². The first-order valence-electron chi connectivity index (χ1n) is 9.92. The summed E-state index contributed by atoms with van der Waals surface area (Å²) in [6.45, 7) is 7.72. The highest BCUT2D eigenvalue weighted by molar-refractivity contribution is 6.33. The van der Waals surface area contributed by atoms with Crippen molar-refractivity contribution in [3.8, 4) is 17.9 Å². The number of hydrogen-bond donors (Lipinski definition) is 0. The molecule has 0 atom stereocenters. The minimum absolute atomic E-state index is 0.146. The second-order valence-corrected chi connectivity index (χ2v) is 7.68. The van der Waals surface area contributed by atoms with Gasteiger partial charge in [-0.05, 0) is 18.9 Å². The predicted octanol–water partition coefficient (Wildman–Crippen LogP) is 1.76. The van der Waals surface area contributed by atoms with Crippen molar-refractivity contribution in [2.45, 2.75) is 25.9 Å². The van der Waals surface area contributed by atoms with Crippen molar-refractivity contribution in [3.05, 3.63) is 22.8 Å². The van der Waals surface area contributed by atoms with Crippen molar-refractivity contribution < 1.29 is 9.53 Å². The maximum Gasteiger partial charge on any atom is 0.219 e. The molecule has 0 radical (unpaired) electrons. The van der Waals surface area contributed by atoms with Gasteiger partial charge in [-0.25, -0.2) is 4.98 Å². The van der Waals surface area contributed by atoms with Crippen molar-refractivity contribution in [2.24, 2.45) is 0 Å². The van der Waals surface area contributed by atoms with Gasteiger partial charge in [-0.15, -0.1) is 0 Å². The second-order valence-electron chi connectivity index (χ2n) is 7.27. The number of nitriles is 1. The monoisotopic (exact) mass is 415 g/mol. The number of halogens is 1. The van der Waals surface area contributed by atoms with Gasteiger partial charge in [0.2, 0.25) is 5.91 Å². The van der Waals surface area contributed by atoms with Crippen LogP contribution in [0.2, 0.25) is 5.02 Å². The molecule has 2 aliphatic heterocycles. The SMILES string of the molecule is CC(=O)N1CCN(CC#CCOC2CCN(c3ncc(C#N)cc3Cl)CC2)CC1. The third-order valence-electron chi connectivity index (χ3n) is 5.33. The number of carbonyl (C=O) groups excluding carboxylic acids is 1. The lowest BCUT2D eigenvalue weighted by Crippen LogP contribution is -2.47. The van der Waals surface area contributed by atoms with Gasteiger partial charge in [-0.1, -0.05) is 23.4 Å². The third kappa shape index (κ3) is 6.08. The summed E-state index contributed by atoms with van der Waals surface area (Å²) in [4.78, 5) is 21.9. The predicted molar refractivity (Wildman–Crippen MR) is 112 cm³/mol. The lowest BCUT2D eigenvalue weighted by molar-refractivity contribution is -0.130. The lowest BCUT2D eigenvalue weighted by atomic mass is 10.1. The Balaban J connectivity index is 1.34. The van der Waals surface area contributed by atoms with Crippen LogP contribution in [0.5, 0.6) is 0 Å². The molecular weight excluding hydrogens is 390 g/mol. The van der Waals surface area contributed by atoms with E-state index in [1.807, 2.05) is 11.0 Å². The van der Waals surface area contributed by atoms with E-state index < -0.39 is 0 Å². The third-order valence-corrected chi connectivity index (χ3v) is 5.61. The Morgan fingerprint density at radius 2 is 1.97 bits per heavy atom. The number of aromatic nitrogens is 1. The first-order chi connectivity index (χ1) is 14.1. The van der Waals surface area contributed by atoms with E-state index in [0.29, 0.717) is 17.2 Å². The minimum Gasteiger partial charge on any atom is -0.365 e. The van der Waals surface area contributed by atoms with E-state index >= 15 is 0 Å². The van der Waals surface area contributed by atoms with Crippen LogP contribution >= 0.6 is 11.6 Å². The van der Waals surface area contributed by atoms with Crippen LogP contribution in [-0.4, -0.2) is 79.2 Å². The van der Waals surface area contributed by atoms with Gasteiger partial charge in [0.25, 0.3) is 0 Å². The fourth-order valence-corrected chi connectivity index (χ4v) is 3.84. The molecule has 0 aromatic carbocycles. The average molecular weight is 416 g/mol. The Bertz CT molecular complexity index is 813. The summed E-state index contributed by atoms with van der Waals surface area (Å²) < 4.78 is 5.90. The molecule has 0 N–H and O–H groups in total. The van der Waals surface area contributed by atoms with Crippen LogP contribution in [0.15, 0.2) is 12.3 Å². The lowest BCUT2D eigenvalue weighted by Gasteiger charge is -2.33. The topological polar surface area (TPSA) is 72.7 Å². The number of nitrogens with zero attached hydrogens (tertiary/aromatic N) is 5. The Kier molecular flexibility index (Phi) is 7.71. The Labute approximate surface area is 177 Å². The number of hydrogen-bond acceptors (Lipinski definition) is 6. The highest BCUT2D eigenvalue weighted by Gasteiger charge is 2.22. The number of carbonyl (C=O) groups is 1. The zero-order valence-electron chi connectivity index (χ0n) is 16.7. The molecule has 2 fully saturated rings. The summed E-state index contributed by atoms with van der Waals surface area (Å²) >= 11 is 6.26. The number of piperazine rings is 1. The molecule has 8 heteroatoms. The molecular formula is C21H26ClN5O2. The van der Waals surface area contributed by atoms with E-state index in [9.17, 15) is 4.79 Å². The summed E-state index contributed by atoms with van der Waals surface area (Å²) in [7, 11) is 0. The minimum atomic E-state index is 0.146. The molecule has 2 aliphatic rings. The van der Waals surface area contributed by atoms with E-state index in [2.05, 4.69) is 26.6 Å². The maximum absolute atomic E-state index is 11.3. The van der Waals surface area contributed by atoms with Crippen molar-refractivity contribution in [3.63, 3.8) is 0 Å². The largest absolute Gasteiger partial charge is 0.365 e. The van der Waals surface area contributed by atoms with Crippen LogP contribution < -0.4 is 4.90 Å². The van der Waals surface area contributed by atoms with Gasteiger partial charge in [-0.2, -0.15) is 5.26 Å². The number of rotatable bonds is 4. The van der Waals surface area contributed by atoms with Crippen molar-refractivity contribution in [1.82, 2.24) is 14.8 Å². The first-order valence-corrected chi connectivity index (χ1v) is 10.3. The molecule has 0 spiro atoms. The van der Waals surface area contributed by atoms with Crippen molar-refractivity contribution >= 4 is 23.3 Å². The summed E-state index contributed by atoms with van der Waals surface area (Å²) in [6.07, 6.45) is 3.54. The molecule has 154 valence electrons. The Morgan fingerprint density at radius 3 is 2.59 bits per heavy atom. The van der Waals surface area contributed by atoms with Crippen LogP contribution in [0.25, 0.3) is 0 Å². The zero-order chi connectivity index (χ0) is 20.6. The van der Waals surface area contributed by atoms with Crippen LogP contribution in [0.1, 0.15) is 25.3 Å². The van der Waals surface area contributed by atoms with E-state index in [1.165, 1.54) is 0 Å². The summed E-state index contributed by atoms with van der Waals surface area (Å²) in [5, 5.41) is 9.43. The number of ether oxygens (including phenoxy) is 1. The highest BCUT2D eigenvalue weighted by atomic mass is 35.5. The van der Waals surface area contributed by atoms with Gasteiger partial charge >= 0.3 is 0 Å². The van der Waals surface area contributed by atoms with Crippen molar-refractivity contribution in [1.29, 1.82) is 5.26 Å². The molecule has 3 heterocycles. The molecule has 0 saturated carbocycles. The van der Waals surface area contributed by atoms with Gasteiger partial charge in [0, 0.05) is 52.4 Å². The van der Waals surface area contributed by atoms with Crippen molar-refractivity contribution in [2.75, 3.05) is 57.3 Å². The number of piperidine rings is 1. The molecule has 0 unspecified atom stereocenters. The average Bonchev–Trinajstić information content (AvgIpc) is 2.74. The fourth-order valence-electron chi connectivity index (χ4n) is 3.56. The van der Waals surface area contributed by atoms with E-state index in [0.717, 1.165) is 64.5 Å². The molecule has 2 saturated heterocycles. The zero-order valence-corrected chi connectivity index (χ0v) is 17.5. The molecule has 7 nitrogen and oxygen atoms in total. The molecule has 1 aromatic rings. The summed E-state index contributed by atoms with van der Waals surface area (Å²) in [6, 6.07) is 3.70. The van der Waals surface area contributed by atoms with Gasteiger partial charge in [0.1, 0.15) is 18.5 Å². The Morgan fingerprint density at radius 1 is 1.24 bits per heavy atom. The van der Waals surface area contributed by atoms with Gasteiger partial charge in [0.15, 0.2) is 0 Å². The maximum atomic E-state index is 11.3. The number of anilines is 1. The summed E-state index contributed by atoms with van der Waals surface area (Å²) in [5.41, 5.74) is 0.469. The van der Waals surface area contributed by atoms with Crippen LogP contribution in [0.4, 0.5) is 5.82 Å². The van der Waals surface area contributed by atoms with Gasteiger partial charge in [-0.3, -0.25) is 9.69 Å². The van der Waals surface area contributed by atoms with Gasteiger partial charge < -0.3 is 14.5 Å². The molecule has 0 aliphatic carbocycles. The van der Waals surface area contributed by atoms with Crippen LogP contribution in [-0.2, 0) is 9.53 Å². The first kappa shape index (κ1) is 21.4. The quantitative estimate of drug-likeness (QED) is 0.698. The fraction of sp³-hybridized carbons (Fsp3) is 0.571. The number of pyridine rings is 1. The van der Waals surface area contributed by atoms with E-state index in [-0.39, 0.29) is 12.0 Å². The normalized spacial score (nSPS) is 18.1. The second kappa shape index (κ2) is 10.5. The van der Waals surface area contributed by atoms with Crippen LogP contribution in [0, 0.1) is 23.2 Å². The molecule has 1 amide bonds. The van der Waals surface area contributed by atoms with Gasteiger partial charge in [0.05, 0.1) is 23.2 Å². The number of amides is 1. The molecule has 3 rings (SSSR count). The highest BCUT2D eigenvalue weighted by Crippen LogP contribution is 2.27. The van der Waals surface area contributed by atoms with Crippen LogP contribution in [0.3, 0.4) is 0 Å². The summed E-state index contributed by atoms with van der Waals surface area (Å²) in [5.74, 6) is 7.16. The Hall–Kier alpha value is -2.32. The smallest absolute Gasteiger partial charge is 0.219 e. The molecule has 1 aromatic heterocycles. The molecule has 29 heavy (non-hydrogen) atoms. The standard InChI is InChI=1S/C21H26ClN5O2/c1-17(28)26-11-9-25(10-12-26)6-2-3-13-29-19-4-7-27(8-5-19)21-20(22)14-18(15-23)16-24-21/h14,16,19H,4-13H2,1H3. The van der Waals surface area contributed by atoms with E-state index in [4.69, 9.17) is 21.6 Å². The molecule has 0 bridgehead atoms.